The van der Waals surface area contributed by atoms with E-state index in [2.05, 4.69) is 15.3 Å². The van der Waals surface area contributed by atoms with Crippen LogP contribution in [0, 0.1) is 0 Å². The molecular weight excluding hydrogens is 490 g/mol. The number of hydrogen-bond acceptors (Lipinski definition) is 5. The monoisotopic (exact) mass is 511 g/mol. The highest BCUT2D eigenvalue weighted by atomic mass is 35.5. The van der Waals surface area contributed by atoms with Gasteiger partial charge in [0.1, 0.15) is 11.3 Å². The van der Waals surface area contributed by atoms with E-state index in [1.165, 1.54) is 12.3 Å². The summed E-state index contributed by atoms with van der Waals surface area (Å²) in [6.07, 6.45) is 1.56. The van der Waals surface area contributed by atoms with Crippen molar-refractivity contribution in [3.05, 3.63) is 113 Å². The summed E-state index contributed by atoms with van der Waals surface area (Å²) in [4.78, 5) is 33.3. The van der Waals surface area contributed by atoms with Crippen LogP contribution in [0.2, 0.25) is 5.02 Å². The minimum Gasteiger partial charge on any atom is -0.437 e. The normalized spacial score (nSPS) is 10.8. The molecule has 2 amide bonds. The number of pyridine rings is 1. The van der Waals surface area contributed by atoms with Gasteiger partial charge in [0.05, 0.1) is 29.0 Å². The van der Waals surface area contributed by atoms with Crippen LogP contribution >= 0.6 is 11.6 Å². The zero-order valence-corrected chi connectivity index (χ0v) is 20.4. The molecule has 9 heteroatoms. The molecule has 3 aromatic carbocycles. The number of primary amides is 1. The van der Waals surface area contributed by atoms with Crippen molar-refractivity contribution < 1.29 is 14.3 Å². The third kappa shape index (κ3) is 5.44. The lowest BCUT2D eigenvalue weighted by molar-refractivity contribution is -0.115. The van der Waals surface area contributed by atoms with E-state index < -0.39 is 5.91 Å². The number of nitrogens with zero attached hydrogens (tertiary/aromatic N) is 3. The van der Waals surface area contributed by atoms with Crippen LogP contribution in [0.4, 0.5) is 5.95 Å². The Morgan fingerprint density at radius 1 is 0.946 bits per heavy atom. The van der Waals surface area contributed by atoms with Gasteiger partial charge in [0, 0.05) is 6.20 Å². The first-order chi connectivity index (χ1) is 18.0. The minimum absolute atomic E-state index is 0.0553. The highest BCUT2D eigenvalue weighted by Gasteiger charge is 2.16. The lowest BCUT2D eigenvalue weighted by Gasteiger charge is -2.12. The van der Waals surface area contributed by atoms with E-state index in [9.17, 15) is 9.59 Å². The van der Waals surface area contributed by atoms with E-state index in [1.54, 1.807) is 24.3 Å². The van der Waals surface area contributed by atoms with Gasteiger partial charge < -0.3 is 15.0 Å². The predicted octanol–water partition coefficient (Wildman–Crippen LogP) is 5.21. The number of para-hydroxylation sites is 2. The minimum atomic E-state index is -0.661. The number of hydrogen-bond donors (Lipinski definition) is 2. The van der Waals surface area contributed by atoms with Gasteiger partial charge in [0.25, 0.3) is 5.91 Å². The van der Waals surface area contributed by atoms with Crippen LogP contribution in [0.15, 0.2) is 91.1 Å². The lowest BCUT2D eigenvalue weighted by atomic mass is 10.1. The summed E-state index contributed by atoms with van der Waals surface area (Å²) in [5.74, 6) is -0.0903. The summed E-state index contributed by atoms with van der Waals surface area (Å²) in [5.41, 5.74) is 9.02. The lowest BCUT2D eigenvalue weighted by Crippen LogP contribution is -2.18. The summed E-state index contributed by atoms with van der Waals surface area (Å²) in [6.45, 7) is 0.565. The Morgan fingerprint density at radius 3 is 2.51 bits per heavy atom. The quantitative estimate of drug-likeness (QED) is 0.297. The number of amides is 2. The van der Waals surface area contributed by atoms with Gasteiger partial charge in [-0.1, -0.05) is 60.1 Å². The van der Waals surface area contributed by atoms with Crippen molar-refractivity contribution in [2.75, 3.05) is 5.32 Å². The number of carbonyl (C=O) groups is 2. The standard InChI is InChI=1S/C28H22ClN5O3/c29-21-15-19(12-13-24(21)37-27-20(26(30)36)9-6-14-31-27)16-25(35)33-28-32-22-10-4-5-11-23(22)34(28)17-18-7-2-1-3-8-18/h1-15H,16-17H2,(H2,30,36)(H,32,33,35). The van der Waals surface area contributed by atoms with Gasteiger partial charge in [-0.15, -0.1) is 0 Å². The van der Waals surface area contributed by atoms with Crippen LogP contribution < -0.4 is 15.8 Å². The van der Waals surface area contributed by atoms with Crippen molar-refractivity contribution in [3.63, 3.8) is 0 Å². The van der Waals surface area contributed by atoms with Crippen LogP contribution in [0.25, 0.3) is 11.0 Å². The van der Waals surface area contributed by atoms with Crippen LogP contribution in [-0.4, -0.2) is 26.3 Å². The largest absolute Gasteiger partial charge is 0.437 e. The number of anilines is 1. The maximum atomic E-state index is 13.0. The predicted molar refractivity (Wildman–Crippen MR) is 142 cm³/mol. The molecule has 184 valence electrons. The molecule has 0 atom stereocenters. The maximum absolute atomic E-state index is 13.0. The number of aromatic nitrogens is 3. The summed E-state index contributed by atoms with van der Waals surface area (Å²) in [5, 5.41) is 3.21. The van der Waals surface area contributed by atoms with Gasteiger partial charge in [-0.2, -0.15) is 0 Å². The van der Waals surface area contributed by atoms with Gasteiger partial charge in [-0.3, -0.25) is 14.9 Å². The fourth-order valence-electron chi connectivity index (χ4n) is 3.95. The average Bonchev–Trinajstić information content (AvgIpc) is 3.23. The molecule has 0 fully saturated rings. The van der Waals surface area contributed by atoms with Gasteiger partial charge in [-0.05, 0) is 47.5 Å². The molecule has 3 N–H and O–H groups in total. The SMILES string of the molecule is NC(=O)c1cccnc1Oc1ccc(CC(=O)Nc2nc3ccccc3n2Cc2ccccc2)cc1Cl. The fraction of sp³-hybridized carbons (Fsp3) is 0.0714. The van der Waals surface area contributed by atoms with Gasteiger partial charge >= 0.3 is 0 Å². The van der Waals surface area contributed by atoms with Gasteiger partial charge in [-0.25, -0.2) is 9.97 Å². The van der Waals surface area contributed by atoms with E-state index in [0.717, 1.165) is 16.6 Å². The first kappa shape index (κ1) is 24.0. The molecule has 0 unspecified atom stereocenters. The van der Waals surface area contributed by atoms with E-state index >= 15 is 0 Å². The first-order valence-corrected chi connectivity index (χ1v) is 11.9. The Kier molecular flexibility index (Phi) is 6.83. The topological polar surface area (TPSA) is 112 Å². The van der Waals surface area contributed by atoms with E-state index in [0.29, 0.717) is 18.1 Å². The number of imidazole rings is 1. The number of benzene rings is 3. The van der Waals surface area contributed by atoms with E-state index in [4.69, 9.17) is 22.1 Å². The molecule has 0 aliphatic heterocycles. The Bertz CT molecular complexity index is 1600. The number of halogens is 1. The third-order valence-electron chi connectivity index (χ3n) is 5.69. The van der Waals surface area contributed by atoms with Crippen molar-refractivity contribution in [1.82, 2.24) is 14.5 Å². The molecule has 8 nitrogen and oxygen atoms in total. The molecule has 37 heavy (non-hydrogen) atoms. The molecule has 0 spiro atoms. The molecule has 0 aliphatic carbocycles. The number of carbonyl (C=O) groups excluding carboxylic acids is 2. The van der Waals surface area contributed by atoms with Crippen molar-refractivity contribution in [3.8, 4) is 11.6 Å². The van der Waals surface area contributed by atoms with Gasteiger partial charge in [0.15, 0.2) is 0 Å². The molecule has 2 heterocycles. The first-order valence-electron chi connectivity index (χ1n) is 11.5. The molecule has 0 saturated heterocycles. The second kappa shape index (κ2) is 10.5. The zero-order chi connectivity index (χ0) is 25.8. The van der Waals surface area contributed by atoms with E-state index in [-0.39, 0.29) is 34.5 Å². The molecule has 5 rings (SSSR count). The zero-order valence-electron chi connectivity index (χ0n) is 19.6. The van der Waals surface area contributed by atoms with Crippen molar-refractivity contribution in [2.24, 2.45) is 5.73 Å². The number of rotatable bonds is 8. The molecule has 0 aliphatic rings. The smallest absolute Gasteiger partial charge is 0.254 e. The maximum Gasteiger partial charge on any atom is 0.254 e. The Balaban J connectivity index is 1.33. The van der Waals surface area contributed by atoms with Crippen LogP contribution in [0.5, 0.6) is 11.6 Å². The second-order valence-corrected chi connectivity index (χ2v) is 8.72. The van der Waals surface area contributed by atoms with E-state index in [1.807, 2.05) is 59.2 Å². The Hall–Kier alpha value is -4.69. The molecule has 0 radical (unpaired) electrons. The molecule has 2 aromatic heterocycles. The summed E-state index contributed by atoms with van der Waals surface area (Å²) < 4.78 is 7.69. The summed E-state index contributed by atoms with van der Waals surface area (Å²) >= 11 is 6.41. The number of ether oxygens (including phenoxy) is 1. The molecule has 5 aromatic rings. The van der Waals surface area contributed by atoms with Crippen LogP contribution in [-0.2, 0) is 17.8 Å². The molecular formula is C28H22ClN5O3. The highest BCUT2D eigenvalue weighted by molar-refractivity contribution is 6.32. The molecule has 0 bridgehead atoms. The fourth-order valence-corrected chi connectivity index (χ4v) is 4.19. The highest BCUT2D eigenvalue weighted by Crippen LogP contribution is 2.31. The number of fused-ring (bicyclic) bond motifs is 1. The Labute approximate surface area is 217 Å². The van der Waals surface area contributed by atoms with Crippen LogP contribution in [0.1, 0.15) is 21.5 Å². The van der Waals surface area contributed by atoms with Gasteiger partial charge in [0.2, 0.25) is 17.7 Å². The van der Waals surface area contributed by atoms with Crippen LogP contribution in [0.3, 0.4) is 0 Å². The third-order valence-corrected chi connectivity index (χ3v) is 5.99. The second-order valence-electron chi connectivity index (χ2n) is 8.31. The van der Waals surface area contributed by atoms with Crippen molar-refractivity contribution >= 4 is 40.4 Å². The number of nitrogens with two attached hydrogens (primary N) is 1. The number of nitrogens with one attached hydrogen (secondary N) is 1. The Morgan fingerprint density at radius 2 is 1.73 bits per heavy atom. The summed E-state index contributed by atoms with van der Waals surface area (Å²) in [6, 6.07) is 25.8. The summed E-state index contributed by atoms with van der Waals surface area (Å²) in [7, 11) is 0. The van der Waals surface area contributed by atoms with Crippen molar-refractivity contribution in [1.29, 1.82) is 0 Å². The average molecular weight is 512 g/mol. The molecule has 0 saturated carbocycles. The van der Waals surface area contributed by atoms with Crippen molar-refractivity contribution in [2.45, 2.75) is 13.0 Å².